The van der Waals surface area contributed by atoms with E-state index in [1.807, 2.05) is 50.2 Å². The standard InChI is InChI=1S/C29H30N2O4/c1-5-35-23-12-13-24(19(4)15-23)27(32)25-26(22-10-8-21(9-11-22)18(2)3)31(29(34)28(25)33)17-20-7-6-14-30-16-20/h6-16,18,26,32H,5,17H2,1-4H3/b27-25+. The number of carbonyl (C=O) groups excluding carboxylic acids is 2. The number of aliphatic hydroxyl groups is 1. The van der Waals surface area contributed by atoms with E-state index in [-0.39, 0.29) is 17.9 Å². The van der Waals surface area contributed by atoms with Crippen LogP contribution >= 0.6 is 0 Å². The number of amides is 1. The van der Waals surface area contributed by atoms with Crippen LogP contribution in [0.3, 0.4) is 0 Å². The third-order valence-corrected chi connectivity index (χ3v) is 6.30. The van der Waals surface area contributed by atoms with Gasteiger partial charge in [-0.2, -0.15) is 0 Å². The van der Waals surface area contributed by atoms with Gasteiger partial charge in [0, 0.05) is 24.5 Å². The zero-order valence-corrected chi connectivity index (χ0v) is 20.5. The summed E-state index contributed by atoms with van der Waals surface area (Å²) in [5.74, 6) is -0.498. The van der Waals surface area contributed by atoms with Crippen LogP contribution in [0.5, 0.6) is 5.75 Å². The molecule has 1 N–H and O–H groups in total. The van der Waals surface area contributed by atoms with Crippen LogP contribution < -0.4 is 4.74 Å². The molecule has 0 aliphatic carbocycles. The molecule has 1 aromatic heterocycles. The Bertz CT molecular complexity index is 1260. The van der Waals surface area contributed by atoms with Gasteiger partial charge in [0.25, 0.3) is 11.7 Å². The minimum Gasteiger partial charge on any atom is -0.507 e. The van der Waals surface area contributed by atoms with E-state index >= 15 is 0 Å². The van der Waals surface area contributed by atoms with Gasteiger partial charge in [-0.15, -0.1) is 0 Å². The summed E-state index contributed by atoms with van der Waals surface area (Å²) in [6.07, 6.45) is 3.34. The maximum absolute atomic E-state index is 13.3. The van der Waals surface area contributed by atoms with Crippen LogP contribution in [0.1, 0.15) is 60.5 Å². The van der Waals surface area contributed by atoms with Crippen molar-refractivity contribution in [3.8, 4) is 5.75 Å². The SMILES string of the molecule is CCOc1ccc(/C(O)=C2\C(=O)C(=O)N(Cc3cccnc3)C2c2ccc(C(C)C)cc2)c(C)c1. The van der Waals surface area contributed by atoms with Crippen LogP contribution in [-0.4, -0.2) is 33.3 Å². The molecular formula is C29H30N2O4. The lowest BCUT2D eigenvalue weighted by Crippen LogP contribution is -2.29. The molecule has 6 nitrogen and oxygen atoms in total. The number of ketones is 1. The normalized spacial score (nSPS) is 17.3. The molecule has 0 saturated carbocycles. The van der Waals surface area contributed by atoms with Crippen molar-refractivity contribution in [2.24, 2.45) is 0 Å². The highest BCUT2D eigenvalue weighted by atomic mass is 16.5. The first-order valence-electron chi connectivity index (χ1n) is 11.8. The maximum atomic E-state index is 13.3. The van der Waals surface area contributed by atoms with Gasteiger partial charge in [-0.3, -0.25) is 14.6 Å². The summed E-state index contributed by atoms with van der Waals surface area (Å²) in [6.45, 7) is 8.69. The molecule has 2 aromatic carbocycles. The second-order valence-corrected chi connectivity index (χ2v) is 9.02. The van der Waals surface area contributed by atoms with E-state index in [9.17, 15) is 14.7 Å². The molecule has 1 unspecified atom stereocenters. The van der Waals surface area contributed by atoms with Crippen molar-refractivity contribution >= 4 is 17.4 Å². The molecule has 0 radical (unpaired) electrons. The number of aryl methyl sites for hydroxylation is 1. The average molecular weight is 471 g/mol. The van der Waals surface area contributed by atoms with Gasteiger partial charge >= 0.3 is 0 Å². The zero-order chi connectivity index (χ0) is 25.1. The van der Waals surface area contributed by atoms with Gasteiger partial charge < -0.3 is 14.7 Å². The molecule has 1 fully saturated rings. The van der Waals surface area contributed by atoms with Crippen LogP contribution in [-0.2, 0) is 16.1 Å². The average Bonchev–Trinajstić information content (AvgIpc) is 3.09. The number of hydrogen-bond acceptors (Lipinski definition) is 5. The lowest BCUT2D eigenvalue weighted by molar-refractivity contribution is -0.140. The van der Waals surface area contributed by atoms with Gasteiger partial charge in [-0.05, 0) is 66.3 Å². The molecular weight excluding hydrogens is 440 g/mol. The molecule has 1 saturated heterocycles. The summed E-state index contributed by atoms with van der Waals surface area (Å²) in [6, 6.07) is 16.1. The highest BCUT2D eigenvalue weighted by Crippen LogP contribution is 2.41. The summed E-state index contributed by atoms with van der Waals surface area (Å²) in [5, 5.41) is 11.4. The largest absolute Gasteiger partial charge is 0.507 e. The molecule has 1 atom stereocenters. The first-order chi connectivity index (χ1) is 16.8. The minimum atomic E-state index is -0.720. The maximum Gasteiger partial charge on any atom is 0.295 e. The van der Waals surface area contributed by atoms with Crippen molar-refractivity contribution < 1.29 is 19.4 Å². The van der Waals surface area contributed by atoms with Crippen LogP contribution in [0.15, 0.2) is 72.6 Å². The lowest BCUT2D eigenvalue weighted by Gasteiger charge is -2.26. The summed E-state index contributed by atoms with van der Waals surface area (Å²) in [5.41, 5.74) is 4.05. The van der Waals surface area contributed by atoms with Crippen LogP contribution in [0.25, 0.3) is 5.76 Å². The monoisotopic (exact) mass is 470 g/mol. The molecule has 4 rings (SSSR count). The number of aromatic nitrogens is 1. The summed E-state index contributed by atoms with van der Waals surface area (Å²) in [7, 11) is 0. The molecule has 1 aliphatic heterocycles. The lowest BCUT2D eigenvalue weighted by atomic mass is 9.92. The summed E-state index contributed by atoms with van der Waals surface area (Å²) < 4.78 is 5.56. The molecule has 6 heteroatoms. The number of likely N-dealkylation sites (tertiary alicyclic amines) is 1. The van der Waals surface area contributed by atoms with Gasteiger partial charge in [-0.1, -0.05) is 44.2 Å². The van der Waals surface area contributed by atoms with Gasteiger partial charge in [0.2, 0.25) is 0 Å². The van der Waals surface area contributed by atoms with Crippen LogP contribution in [0.2, 0.25) is 0 Å². The first kappa shape index (κ1) is 24.2. The third kappa shape index (κ3) is 4.83. The Morgan fingerprint density at radius 2 is 1.86 bits per heavy atom. The van der Waals surface area contributed by atoms with Crippen molar-refractivity contribution in [2.75, 3.05) is 6.61 Å². The van der Waals surface area contributed by atoms with E-state index in [0.29, 0.717) is 23.8 Å². The number of benzene rings is 2. The smallest absolute Gasteiger partial charge is 0.295 e. The van der Waals surface area contributed by atoms with E-state index in [2.05, 4.69) is 18.8 Å². The Labute approximate surface area is 205 Å². The Morgan fingerprint density at radius 1 is 1.11 bits per heavy atom. The minimum absolute atomic E-state index is 0.0865. The summed E-state index contributed by atoms with van der Waals surface area (Å²) in [4.78, 5) is 32.2. The molecule has 35 heavy (non-hydrogen) atoms. The van der Waals surface area contributed by atoms with Crippen LogP contribution in [0, 0.1) is 6.92 Å². The van der Waals surface area contributed by atoms with Gasteiger partial charge in [0.05, 0.1) is 18.2 Å². The number of rotatable bonds is 7. The predicted molar refractivity (Wildman–Crippen MR) is 135 cm³/mol. The quantitative estimate of drug-likeness (QED) is 0.279. The molecule has 2 heterocycles. The Hall–Kier alpha value is -3.93. The molecule has 0 bridgehead atoms. The molecule has 1 amide bonds. The fourth-order valence-electron chi connectivity index (χ4n) is 4.44. The number of aliphatic hydroxyl groups excluding tert-OH is 1. The zero-order valence-electron chi connectivity index (χ0n) is 20.5. The number of nitrogens with zero attached hydrogens (tertiary/aromatic N) is 2. The van der Waals surface area contributed by atoms with E-state index < -0.39 is 17.7 Å². The Morgan fingerprint density at radius 3 is 2.46 bits per heavy atom. The van der Waals surface area contributed by atoms with Crippen molar-refractivity contribution in [2.45, 2.75) is 46.2 Å². The number of ether oxygens (including phenoxy) is 1. The molecule has 180 valence electrons. The number of pyridine rings is 1. The van der Waals surface area contributed by atoms with Crippen molar-refractivity contribution in [3.05, 3.63) is 100 Å². The van der Waals surface area contributed by atoms with E-state index in [1.165, 1.54) is 4.90 Å². The van der Waals surface area contributed by atoms with Crippen LogP contribution in [0.4, 0.5) is 0 Å². The predicted octanol–water partition coefficient (Wildman–Crippen LogP) is 5.53. The number of Topliss-reactive ketones (excluding diaryl/α,β-unsaturated/α-hetero) is 1. The van der Waals surface area contributed by atoms with Gasteiger partial charge in [0.1, 0.15) is 11.5 Å². The van der Waals surface area contributed by atoms with Crippen molar-refractivity contribution in [1.29, 1.82) is 0 Å². The number of hydrogen-bond donors (Lipinski definition) is 1. The topological polar surface area (TPSA) is 79.7 Å². The van der Waals surface area contributed by atoms with Gasteiger partial charge in [-0.25, -0.2) is 0 Å². The first-order valence-corrected chi connectivity index (χ1v) is 11.8. The highest BCUT2D eigenvalue weighted by Gasteiger charge is 2.46. The number of carbonyl (C=O) groups is 2. The molecule has 3 aromatic rings. The third-order valence-electron chi connectivity index (χ3n) is 6.30. The second kappa shape index (κ2) is 10.1. The second-order valence-electron chi connectivity index (χ2n) is 9.02. The molecule has 1 aliphatic rings. The van der Waals surface area contributed by atoms with Crippen molar-refractivity contribution in [3.63, 3.8) is 0 Å². The van der Waals surface area contributed by atoms with E-state index in [0.717, 1.165) is 22.3 Å². The molecule has 0 spiro atoms. The van der Waals surface area contributed by atoms with Gasteiger partial charge in [0.15, 0.2) is 0 Å². The summed E-state index contributed by atoms with van der Waals surface area (Å²) >= 11 is 0. The van der Waals surface area contributed by atoms with Crippen molar-refractivity contribution in [1.82, 2.24) is 9.88 Å². The van der Waals surface area contributed by atoms with E-state index in [1.54, 1.807) is 30.6 Å². The van der Waals surface area contributed by atoms with E-state index in [4.69, 9.17) is 4.74 Å². The Balaban J connectivity index is 1.85. The fourth-order valence-corrected chi connectivity index (χ4v) is 4.44. The highest BCUT2D eigenvalue weighted by molar-refractivity contribution is 6.46. The fraction of sp³-hybridized carbons (Fsp3) is 0.276. The Kier molecular flexibility index (Phi) is 7.01.